The maximum atomic E-state index is 12.5. The number of amides is 2. The molecule has 2 amide bonds. The molecule has 0 aliphatic rings. The lowest BCUT2D eigenvalue weighted by Crippen LogP contribution is -2.39. The minimum Gasteiger partial charge on any atom is -0.494 e. The Morgan fingerprint density at radius 2 is 1.89 bits per heavy atom. The van der Waals surface area contributed by atoms with Crippen LogP contribution in [0.5, 0.6) is 5.75 Å². The summed E-state index contributed by atoms with van der Waals surface area (Å²) in [5.41, 5.74) is 1.41. The third-order valence-corrected chi connectivity index (χ3v) is 5.68. The Morgan fingerprint density at radius 1 is 1.18 bits per heavy atom. The van der Waals surface area contributed by atoms with Crippen molar-refractivity contribution in [1.29, 1.82) is 0 Å². The van der Waals surface area contributed by atoms with Crippen LogP contribution < -0.4 is 10.1 Å². The SMILES string of the molecule is CCOc1ccc(C(=O)NCC(=O)N(C)C(C)c2nc3ccccc3s2)cc1. The predicted octanol–water partition coefficient (Wildman–Crippen LogP) is 3.64. The zero-order valence-corrected chi connectivity index (χ0v) is 17.0. The van der Waals surface area contributed by atoms with Crippen LogP contribution in [0, 0.1) is 0 Å². The molecule has 7 heteroatoms. The normalized spacial score (nSPS) is 11.8. The lowest BCUT2D eigenvalue weighted by Gasteiger charge is -2.23. The molecule has 1 unspecified atom stereocenters. The standard InChI is InChI=1S/C21H23N3O3S/c1-4-27-16-11-9-15(10-12-16)20(26)22-13-19(25)24(3)14(2)21-23-17-7-5-6-8-18(17)28-21/h5-12,14H,4,13H2,1-3H3,(H,22,26). The van der Waals surface area contributed by atoms with E-state index in [1.807, 2.05) is 38.1 Å². The number of hydrogen-bond acceptors (Lipinski definition) is 5. The van der Waals surface area contributed by atoms with Crippen LogP contribution in [0.25, 0.3) is 10.2 Å². The molecular formula is C21H23N3O3S. The number of hydrogen-bond donors (Lipinski definition) is 1. The lowest BCUT2D eigenvalue weighted by molar-refractivity contribution is -0.130. The predicted molar refractivity (Wildman–Crippen MR) is 111 cm³/mol. The summed E-state index contributed by atoms with van der Waals surface area (Å²) < 4.78 is 6.45. The van der Waals surface area contributed by atoms with Gasteiger partial charge in [-0.3, -0.25) is 9.59 Å². The zero-order valence-electron chi connectivity index (χ0n) is 16.1. The molecule has 0 saturated carbocycles. The first kappa shape index (κ1) is 19.8. The minimum absolute atomic E-state index is 0.0716. The number of fused-ring (bicyclic) bond motifs is 1. The van der Waals surface area contributed by atoms with Crippen molar-refractivity contribution < 1.29 is 14.3 Å². The fourth-order valence-corrected chi connectivity index (χ4v) is 3.77. The topological polar surface area (TPSA) is 71.5 Å². The Bertz CT molecular complexity index is 935. The first-order valence-corrected chi connectivity index (χ1v) is 9.93. The van der Waals surface area contributed by atoms with Crippen LogP contribution in [-0.4, -0.2) is 41.9 Å². The first-order chi connectivity index (χ1) is 13.5. The van der Waals surface area contributed by atoms with Gasteiger partial charge in [0.2, 0.25) is 5.91 Å². The molecule has 1 N–H and O–H groups in total. The van der Waals surface area contributed by atoms with Crippen molar-refractivity contribution in [2.45, 2.75) is 19.9 Å². The van der Waals surface area contributed by atoms with Crippen LogP contribution in [-0.2, 0) is 4.79 Å². The maximum Gasteiger partial charge on any atom is 0.251 e. The monoisotopic (exact) mass is 397 g/mol. The molecule has 0 bridgehead atoms. The van der Waals surface area contributed by atoms with E-state index < -0.39 is 0 Å². The molecule has 146 valence electrons. The molecule has 0 aliphatic heterocycles. The van der Waals surface area contributed by atoms with Crippen molar-refractivity contribution in [2.75, 3.05) is 20.2 Å². The van der Waals surface area contributed by atoms with Crippen molar-refractivity contribution in [3.8, 4) is 5.75 Å². The Balaban J connectivity index is 1.58. The molecule has 1 heterocycles. The lowest BCUT2D eigenvalue weighted by atomic mass is 10.2. The van der Waals surface area contributed by atoms with Gasteiger partial charge in [-0.1, -0.05) is 12.1 Å². The van der Waals surface area contributed by atoms with E-state index in [2.05, 4.69) is 10.3 Å². The number of aromatic nitrogens is 1. The molecule has 3 aromatic rings. The number of rotatable bonds is 7. The van der Waals surface area contributed by atoms with E-state index in [4.69, 9.17) is 4.74 Å². The quantitative estimate of drug-likeness (QED) is 0.661. The minimum atomic E-state index is -0.294. The van der Waals surface area contributed by atoms with E-state index in [0.717, 1.165) is 15.2 Å². The van der Waals surface area contributed by atoms with Gasteiger partial charge in [0.1, 0.15) is 10.8 Å². The molecule has 1 aromatic heterocycles. The molecule has 0 aliphatic carbocycles. The van der Waals surface area contributed by atoms with Crippen LogP contribution >= 0.6 is 11.3 Å². The van der Waals surface area contributed by atoms with Gasteiger partial charge < -0.3 is 15.0 Å². The average molecular weight is 398 g/mol. The fraction of sp³-hybridized carbons (Fsp3) is 0.286. The Hall–Kier alpha value is -2.93. The zero-order chi connectivity index (χ0) is 20.1. The Morgan fingerprint density at radius 3 is 2.57 bits per heavy atom. The van der Waals surface area contributed by atoms with Crippen molar-refractivity contribution >= 4 is 33.4 Å². The number of thiazole rings is 1. The number of para-hydroxylation sites is 1. The maximum absolute atomic E-state index is 12.5. The number of likely N-dealkylation sites (N-methyl/N-ethyl adjacent to an activating group) is 1. The molecular weight excluding hydrogens is 374 g/mol. The van der Waals surface area contributed by atoms with Gasteiger partial charge in [0.25, 0.3) is 5.91 Å². The Labute approximate surface area is 168 Å². The van der Waals surface area contributed by atoms with Gasteiger partial charge in [-0.05, 0) is 50.2 Å². The van der Waals surface area contributed by atoms with E-state index in [-0.39, 0.29) is 24.4 Å². The van der Waals surface area contributed by atoms with Gasteiger partial charge in [-0.15, -0.1) is 11.3 Å². The average Bonchev–Trinajstić information content (AvgIpc) is 3.15. The van der Waals surface area contributed by atoms with Crippen LogP contribution in [0.2, 0.25) is 0 Å². The van der Waals surface area contributed by atoms with Gasteiger partial charge in [-0.25, -0.2) is 4.98 Å². The summed E-state index contributed by atoms with van der Waals surface area (Å²) >= 11 is 1.57. The molecule has 3 rings (SSSR count). The molecule has 1 atom stereocenters. The third kappa shape index (κ3) is 4.48. The number of nitrogens with zero attached hydrogens (tertiary/aromatic N) is 2. The second kappa shape index (κ2) is 8.84. The highest BCUT2D eigenvalue weighted by Crippen LogP contribution is 2.28. The first-order valence-electron chi connectivity index (χ1n) is 9.11. The highest BCUT2D eigenvalue weighted by atomic mass is 32.1. The van der Waals surface area contributed by atoms with Gasteiger partial charge in [0, 0.05) is 12.6 Å². The smallest absolute Gasteiger partial charge is 0.251 e. The number of ether oxygens (including phenoxy) is 1. The van der Waals surface area contributed by atoms with E-state index >= 15 is 0 Å². The van der Waals surface area contributed by atoms with Gasteiger partial charge in [-0.2, -0.15) is 0 Å². The number of benzene rings is 2. The van der Waals surface area contributed by atoms with Crippen molar-refractivity contribution in [3.63, 3.8) is 0 Å². The highest BCUT2D eigenvalue weighted by Gasteiger charge is 2.21. The van der Waals surface area contributed by atoms with Crippen molar-refractivity contribution in [1.82, 2.24) is 15.2 Å². The summed E-state index contributed by atoms with van der Waals surface area (Å²) in [4.78, 5) is 31.0. The van der Waals surface area contributed by atoms with Crippen molar-refractivity contribution in [3.05, 3.63) is 59.1 Å². The van der Waals surface area contributed by atoms with E-state index in [0.29, 0.717) is 17.9 Å². The summed E-state index contributed by atoms with van der Waals surface area (Å²) in [6.45, 7) is 4.33. The number of carbonyl (C=O) groups is 2. The fourth-order valence-electron chi connectivity index (χ4n) is 2.70. The molecule has 0 saturated heterocycles. The van der Waals surface area contributed by atoms with Gasteiger partial charge in [0.05, 0.1) is 29.4 Å². The summed E-state index contributed by atoms with van der Waals surface area (Å²) in [5.74, 6) is 0.239. The summed E-state index contributed by atoms with van der Waals surface area (Å²) in [6, 6.07) is 14.6. The summed E-state index contributed by atoms with van der Waals surface area (Å²) in [7, 11) is 1.72. The van der Waals surface area contributed by atoms with Crippen LogP contribution in [0.3, 0.4) is 0 Å². The third-order valence-electron chi connectivity index (χ3n) is 4.47. The molecule has 6 nitrogen and oxygen atoms in total. The molecule has 28 heavy (non-hydrogen) atoms. The van der Waals surface area contributed by atoms with Gasteiger partial charge in [0.15, 0.2) is 0 Å². The summed E-state index contributed by atoms with van der Waals surface area (Å²) in [6.07, 6.45) is 0. The van der Waals surface area contributed by atoms with Gasteiger partial charge >= 0.3 is 0 Å². The van der Waals surface area contributed by atoms with Crippen LogP contribution in [0.1, 0.15) is 35.3 Å². The summed E-state index contributed by atoms with van der Waals surface area (Å²) in [5, 5.41) is 3.55. The second-order valence-electron chi connectivity index (χ2n) is 6.34. The second-order valence-corrected chi connectivity index (χ2v) is 7.40. The van der Waals surface area contributed by atoms with Crippen LogP contribution in [0.15, 0.2) is 48.5 Å². The van der Waals surface area contributed by atoms with Crippen molar-refractivity contribution in [2.24, 2.45) is 0 Å². The Kier molecular flexibility index (Phi) is 6.26. The van der Waals surface area contributed by atoms with E-state index in [1.165, 1.54) is 0 Å². The van der Waals surface area contributed by atoms with Crippen LogP contribution in [0.4, 0.5) is 0 Å². The molecule has 0 spiro atoms. The van der Waals surface area contributed by atoms with E-state index in [9.17, 15) is 9.59 Å². The number of nitrogens with one attached hydrogen (secondary N) is 1. The molecule has 0 fully saturated rings. The van der Waals surface area contributed by atoms with E-state index in [1.54, 1.807) is 47.5 Å². The number of carbonyl (C=O) groups excluding carboxylic acids is 2. The molecule has 2 aromatic carbocycles. The largest absolute Gasteiger partial charge is 0.494 e. The molecule has 0 radical (unpaired) electrons. The highest BCUT2D eigenvalue weighted by molar-refractivity contribution is 7.18.